The third-order valence-corrected chi connectivity index (χ3v) is 2.55. The molecule has 0 unspecified atom stereocenters. The zero-order chi connectivity index (χ0) is 11.5. The van der Waals surface area contributed by atoms with Gasteiger partial charge in [0.15, 0.2) is 0 Å². The van der Waals surface area contributed by atoms with Gasteiger partial charge in [-0.15, -0.1) is 0 Å². The van der Waals surface area contributed by atoms with E-state index in [1.807, 2.05) is 0 Å². The Bertz CT molecular complexity index is 436. The Morgan fingerprint density at radius 1 is 1.59 bits per heavy atom. The van der Waals surface area contributed by atoms with Gasteiger partial charge in [-0.05, 0) is 19.1 Å². The van der Waals surface area contributed by atoms with E-state index in [1.165, 1.54) is 6.20 Å². The Morgan fingerprint density at radius 2 is 2.35 bits per heavy atom. The summed E-state index contributed by atoms with van der Waals surface area (Å²) in [5.74, 6) is -0.0980. The number of pyridine rings is 1. The van der Waals surface area contributed by atoms with Gasteiger partial charge in [0.05, 0.1) is 12.1 Å². The summed E-state index contributed by atoms with van der Waals surface area (Å²) in [7, 11) is 0. The van der Waals surface area contributed by atoms with Crippen LogP contribution in [0.1, 0.15) is 24.4 Å². The summed E-state index contributed by atoms with van der Waals surface area (Å²) in [5, 5.41) is 8.76. The minimum absolute atomic E-state index is 0. The normalized spacial score (nSPS) is 14.2. The quantitative estimate of drug-likeness (QED) is 0.622. The van der Waals surface area contributed by atoms with Crippen molar-refractivity contribution in [2.75, 3.05) is 19.6 Å². The first-order valence-corrected chi connectivity index (χ1v) is 5.21. The van der Waals surface area contributed by atoms with Crippen LogP contribution in [0.4, 0.5) is 0 Å². The predicted octanol–water partition coefficient (Wildman–Crippen LogP) is -2.02. The maximum absolute atomic E-state index is 10.7. The Labute approximate surface area is 123 Å². The molecule has 0 radical (unpaired) electrons. The summed E-state index contributed by atoms with van der Waals surface area (Å²) < 4.78 is 0. The number of hydrogen-bond donors (Lipinski definition) is 1. The van der Waals surface area contributed by atoms with E-state index in [0.717, 1.165) is 31.2 Å². The third kappa shape index (κ3) is 3.06. The van der Waals surface area contributed by atoms with E-state index in [-0.39, 0.29) is 36.5 Å². The Hall–Kier alpha value is -0.910. The van der Waals surface area contributed by atoms with Gasteiger partial charge < -0.3 is 11.4 Å². The molecule has 0 saturated carbocycles. The first kappa shape index (κ1) is 14.2. The molecule has 0 saturated heterocycles. The second-order valence-corrected chi connectivity index (χ2v) is 3.52. The molecular weight excluding hydrogens is 229 g/mol. The zero-order valence-electron chi connectivity index (χ0n) is 11.1. The number of aliphatic imine (C=N–C) groups is 1. The van der Waals surface area contributed by atoms with E-state index < -0.39 is 5.97 Å². The second kappa shape index (κ2) is 6.14. The number of amidine groups is 1. The molecular formula is C11H14N3NaO2. The molecule has 5 nitrogen and oxygen atoms in total. The Balaban J connectivity index is 0.00000144. The molecule has 0 fully saturated rings. The molecule has 1 aromatic heterocycles. The Kier molecular flexibility index (Phi) is 5.11. The summed E-state index contributed by atoms with van der Waals surface area (Å²) in [6.45, 7) is 4.65. The van der Waals surface area contributed by atoms with Crippen LogP contribution in [0.2, 0.25) is 0 Å². The van der Waals surface area contributed by atoms with Gasteiger partial charge in [-0.3, -0.25) is 9.98 Å². The molecule has 6 heteroatoms. The van der Waals surface area contributed by atoms with Gasteiger partial charge in [0.25, 0.3) is 0 Å². The molecule has 1 N–H and O–H groups in total. The summed E-state index contributed by atoms with van der Waals surface area (Å²) in [5.41, 5.74) is 0.940. The van der Waals surface area contributed by atoms with E-state index in [1.54, 1.807) is 12.1 Å². The summed E-state index contributed by atoms with van der Waals surface area (Å²) >= 11 is 0. The monoisotopic (exact) mass is 243 g/mol. The first-order chi connectivity index (χ1) is 7.72. The maximum atomic E-state index is 10.7. The summed E-state index contributed by atoms with van der Waals surface area (Å²) in [6.07, 6.45) is 1.37. The third-order valence-electron chi connectivity index (χ3n) is 2.55. The second-order valence-electron chi connectivity index (χ2n) is 3.52. The summed E-state index contributed by atoms with van der Waals surface area (Å²) in [6, 6.07) is 3.26. The van der Waals surface area contributed by atoms with Crippen LogP contribution in [0.15, 0.2) is 23.3 Å². The topological polar surface area (TPSA) is 65.8 Å². The van der Waals surface area contributed by atoms with Gasteiger partial charge >= 0.3 is 35.5 Å². The average Bonchev–Trinajstić information content (AvgIpc) is 2.77. The molecule has 86 valence electrons. The van der Waals surface area contributed by atoms with E-state index in [9.17, 15) is 4.79 Å². The van der Waals surface area contributed by atoms with Crippen molar-refractivity contribution in [1.29, 1.82) is 0 Å². The van der Waals surface area contributed by atoms with Crippen molar-refractivity contribution in [3.8, 4) is 0 Å². The first-order valence-electron chi connectivity index (χ1n) is 5.21. The molecule has 2 heterocycles. The molecule has 0 bridgehead atoms. The number of aromatic nitrogens is 1. The smallest absolute Gasteiger partial charge is 1.00 e. The fraction of sp³-hybridized carbons (Fsp3) is 0.364. The van der Waals surface area contributed by atoms with Gasteiger partial charge in [0.1, 0.15) is 11.5 Å². The molecule has 1 aromatic rings. The minimum atomic E-state index is -0.959. The van der Waals surface area contributed by atoms with Crippen LogP contribution >= 0.6 is 0 Å². The molecule has 0 aromatic carbocycles. The van der Waals surface area contributed by atoms with Gasteiger partial charge in [-0.2, -0.15) is 0 Å². The molecule has 2 rings (SSSR count). The van der Waals surface area contributed by atoms with E-state index in [2.05, 4.69) is 21.8 Å². The van der Waals surface area contributed by atoms with Crippen LogP contribution in [0.25, 0.3) is 0 Å². The molecule has 1 aliphatic rings. The van der Waals surface area contributed by atoms with Crippen molar-refractivity contribution in [3.05, 3.63) is 29.6 Å². The molecule has 1 aliphatic heterocycles. The van der Waals surface area contributed by atoms with Crippen molar-refractivity contribution < 1.29 is 40.9 Å². The summed E-state index contributed by atoms with van der Waals surface area (Å²) in [4.78, 5) is 21.3. The van der Waals surface area contributed by atoms with Crippen LogP contribution in [-0.4, -0.2) is 46.4 Å². The maximum Gasteiger partial charge on any atom is 1.00 e. The molecule has 0 atom stereocenters. The molecule has 0 aliphatic carbocycles. The number of carbonyl (C=O) groups is 1. The van der Waals surface area contributed by atoms with Gasteiger partial charge in [-0.1, -0.05) is 0 Å². The van der Waals surface area contributed by atoms with Gasteiger partial charge in [0.2, 0.25) is 0 Å². The van der Waals surface area contributed by atoms with Crippen molar-refractivity contribution in [1.82, 2.24) is 9.88 Å². The SMILES string of the molecule is CCN1CCN=C1c1ccc(C(=O)O)cn1.[H-].[Na+]. The van der Waals surface area contributed by atoms with Crippen molar-refractivity contribution in [2.24, 2.45) is 4.99 Å². The van der Waals surface area contributed by atoms with Crippen LogP contribution in [-0.2, 0) is 0 Å². The number of nitrogens with zero attached hydrogens (tertiary/aromatic N) is 3. The Morgan fingerprint density at radius 3 is 2.88 bits per heavy atom. The predicted molar refractivity (Wildman–Crippen MR) is 61.0 cm³/mol. The van der Waals surface area contributed by atoms with E-state index >= 15 is 0 Å². The number of hydrogen-bond acceptors (Lipinski definition) is 4. The number of carboxylic acid groups (broad SMARTS) is 1. The van der Waals surface area contributed by atoms with Crippen molar-refractivity contribution >= 4 is 11.8 Å². The van der Waals surface area contributed by atoms with Gasteiger partial charge in [-0.25, -0.2) is 4.79 Å². The standard InChI is InChI=1S/C11H13N3O2.Na.H/c1-2-14-6-5-12-10(14)9-4-3-8(7-13-9)11(15)16;;/h3-4,7H,2,5-6H2,1H3,(H,15,16);;/q;+1;-1. The molecule has 17 heavy (non-hydrogen) atoms. The van der Waals surface area contributed by atoms with E-state index in [0.29, 0.717) is 0 Å². The van der Waals surface area contributed by atoms with Crippen LogP contribution in [0.3, 0.4) is 0 Å². The van der Waals surface area contributed by atoms with Crippen molar-refractivity contribution in [3.63, 3.8) is 0 Å². The van der Waals surface area contributed by atoms with Crippen molar-refractivity contribution in [2.45, 2.75) is 6.92 Å². The number of aromatic carboxylic acids is 1. The fourth-order valence-corrected chi connectivity index (χ4v) is 1.69. The number of carboxylic acids is 1. The minimum Gasteiger partial charge on any atom is -1.00 e. The molecule has 0 spiro atoms. The van der Waals surface area contributed by atoms with Crippen LogP contribution in [0.5, 0.6) is 0 Å². The fourth-order valence-electron chi connectivity index (χ4n) is 1.69. The van der Waals surface area contributed by atoms with E-state index in [4.69, 9.17) is 5.11 Å². The molecule has 0 amide bonds. The number of rotatable bonds is 3. The number of likely N-dealkylation sites (N-methyl/N-ethyl adjacent to an activating group) is 1. The zero-order valence-corrected chi connectivity index (χ0v) is 12.1. The largest absolute Gasteiger partial charge is 1.00 e. The van der Waals surface area contributed by atoms with Gasteiger partial charge in [0, 0.05) is 19.3 Å². The average molecular weight is 243 g/mol. The van der Waals surface area contributed by atoms with Crippen LogP contribution < -0.4 is 29.6 Å². The van der Waals surface area contributed by atoms with Crippen LogP contribution in [0, 0.1) is 0 Å².